The molecule has 2 N–H and O–H groups in total. The van der Waals surface area contributed by atoms with Crippen LogP contribution in [0.2, 0.25) is 0 Å². The molecule has 0 saturated carbocycles. The molecule has 2 aliphatic heterocycles. The molecule has 1 atom stereocenters. The highest BCUT2D eigenvalue weighted by Crippen LogP contribution is 2.31. The van der Waals surface area contributed by atoms with Crippen LogP contribution in [0.1, 0.15) is 19.3 Å². The number of aliphatic hydroxyl groups is 1. The maximum atomic E-state index is 9.26. The largest absolute Gasteiger partial charge is 0.396 e. The molecule has 4 heteroatoms. The zero-order valence-electron chi connectivity index (χ0n) is 11.9. The molecule has 2 aliphatic rings. The summed E-state index contributed by atoms with van der Waals surface area (Å²) in [7, 11) is 0. The van der Waals surface area contributed by atoms with E-state index in [1.165, 1.54) is 29.3 Å². The lowest BCUT2D eigenvalue weighted by Crippen LogP contribution is -2.35. The third-order valence-electron chi connectivity index (χ3n) is 4.41. The second kappa shape index (κ2) is 6.72. The van der Waals surface area contributed by atoms with Gasteiger partial charge >= 0.3 is 0 Å². The van der Waals surface area contributed by atoms with Gasteiger partial charge in [0, 0.05) is 31.5 Å². The SMILES string of the molecule is OCC1CCN(c2ccccc2NC2CCSC2)CC1. The lowest BCUT2D eigenvalue weighted by Gasteiger charge is -2.34. The summed E-state index contributed by atoms with van der Waals surface area (Å²) in [6.07, 6.45) is 3.47. The smallest absolute Gasteiger partial charge is 0.0602 e. The highest BCUT2D eigenvalue weighted by molar-refractivity contribution is 7.99. The summed E-state index contributed by atoms with van der Waals surface area (Å²) in [4.78, 5) is 2.47. The predicted molar refractivity (Wildman–Crippen MR) is 87.8 cm³/mol. The van der Waals surface area contributed by atoms with Crippen molar-refractivity contribution < 1.29 is 5.11 Å². The van der Waals surface area contributed by atoms with Crippen LogP contribution in [-0.4, -0.2) is 42.4 Å². The zero-order chi connectivity index (χ0) is 13.8. The van der Waals surface area contributed by atoms with Crippen molar-refractivity contribution >= 4 is 23.1 Å². The number of nitrogens with zero attached hydrogens (tertiary/aromatic N) is 1. The van der Waals surface area contributed by atoms with Crippen LogP contribution in [0.15, 0.2) is 24.3 Å². The predicted octanol–water partition coefficient (Wildman–Crippen LogP) is 2.81. The quantitative estimate of drug-likeness (QED) is 0.894. The molecule has 3 nitrogen and oxygen atoms in total. The molecule has 0 radical (unpaired) electrons. The van der Waals surface area contributed by atoms with Gasteiger partial charge in [-0.3, -0.25) is 0 Å². The van der Waals surface area contributed by atoms with Gasteiger partial charge in [-0.2, -0.15) is 11.8 Å². The molecule has 20 heavy (non-hydrogen) atoms. The van der Waals surface area contributed by atoms with Gasteiger partial charge in [0.05, 0.1) is 11.4 Å². The first-order valence-corrected chi connectivity index (χ1v) is 8.81. The first-order chi connectivity index (χ1) is 9.86. The van der Waals surface area contributed by atoms with Gasteiger partial charge in [0.2, 0.25) is 0 Å². The van der Waals surface area contributed by atoms with E-state index < -0.39 is 0 Å². The Morgan fingerprint density at radius 2 is 2.00 bits per heavy atom. The van der Waals surface area contributed by atoms with Crippen LogP contribution >= 0.6 is 11.8 Å². The van der Waals surface area contributed by atoms with Crippen molar-refractivity contribution in [2.45, 2.75) is 25.3 Å². The van der Waals surface area contributed by atoms with Gasteiger partial charge in [-0.15, -0.1) is 0 Å². The fraction of sp³-hybridized carbons (Fsp3) is 0.625. The molecule has 0 bridgehead atoms. The number of hydrogen-bond acceptors (Lipinski definition) is 4. The minimum absolute atomic E-state index is 0.340. The number of benzene rings is 1. The van der Waals surface area contributed by atoms with Crippen LogP contribution in [0.5, 0.6) is 0 Å². The lowest BCUT2D eigenvalue weighted by atomic mass is 9.97. The Balaban J connectivity index is 1.69. The van der Waals surface area contributed by atoms with E-state index >= 15 is 0 Å². The first kappa shape index (κ1) is 14.1. The minimum Gasteiger partial charge on any atom is -0.396 e. The maximum Gasteiger partial charge on any atom is 0.0602 e. The summed E-state index contributed by atoms with van der Waals surface area (Å²) in [6, 6.07) is 9.30. The van der Waals surface area contributed by atoms with Gasteiger partial charge < -0.3 is 15.3 Å². The molecule has 2 saturated heterocycles. The fourth-order valence-corrected chi connectivity index (χ4v) is 4.25. The van der Waals surface area contributed by atoms with Crippen LogP contribution in [0.25, 0.3) is 0 Å². The second-order valence-electron chi connectivity index (χ2n) is 5.83. The standard InChI is InChI=1S/C16H24N2OS/c19-11-13-5-8-18(9-6-13)16-4-2-1-3-15(16)17-14-7-10-20-12-14/h1-4,13-14,17,19H,5-12H2. The normalized spacial score (nSPS) is 24.1. The van der Waals surface area contributed by atoms with E-state index in [1.54, 1.807) is 0 Å². The zero-order valence-corrected chi connectivity index (χ0v) is 12.7. The van der Waals surface area contributed by atoms with E-state index in [4.69, 9.17) is 0 Å². The molecule has 0 aliphatic carbocycles. The molecule has 0 spiro atoms. The number of rotatable bonds is 4. The minimum atomic E-state index is 0.340. The van der Waals surface area contributed by atoms with Gasteiger partial charge in [0.15, 0.2) is 0 Å². The van der Waals surface area contributed by atoms with Crippen molar-refractivity contribution in [3.63, 3.8) is 0 Å². The Hall–Kier alpha value is -0.870. The number of para-hydroxylation sites is 2. The monoisotopic (exact) mass is 292 g/mol. The van der Waals surface area contributed by atoms with Crippen LogP contribution in [-0.2, 0) is 0 Å². The molecule has 0 aromatic heterocycles. The van der Waals surface area contributed by atoms with E-state index in [-0.39, 0.29) is 0 Å². The van der Waals surface area contributed by atoms with E-state index in [1.807, 2.05) is 11.8 Å². The van der Waals surface area contributed by atoms with E-state index in [0.29, 0.717) is 18.6 Å². The van der Waals surface area contributed by atoms with E-state index in [9.17, 15) is 5.11 Å². The maximum absolute atomic E-state index is 9.26. The number of nitrogens with one attached hydrogen (secondary N) is 1. The first-order valence-electron chi connectivity index (χ1n) is 7.66. The molecular weight excluding hydrogens is 268 g/mol. The van der Waals surface area contributed by atoms with Gasteiger partial charge in [-0.05, 0) is 43.1 Å². The van der Waals surface area contributed by atoms with Crippen molar-refractivity contribution in [1.29, 1.82) is 0 Å². The second-order valence-corrected chi connectivity index (χ2v) is 6.98. The summed E-state index contributed by atoms with van der Waals surface area (Å²) in [5.41, 5.74) is 2.61. The average molecular weight is 292 g/mol. The van der Waals surface area contributed by atoms with E-state index in [2.05, 4.69) is 34.5 Å². The number of thioether (sulfide) groups is 1. The number of aliphatic hydroxyl groups excluding tert-OH is 1. The average Bonchev–Trinajstić information content (AvgIpc) is 3.01. The summed E-state index contributed by atoms with van der Waals surface area (Å²) < 4.78 is 0. The van der Waals surface area contributed by atoms with Crippen molar-refractivity contribution in [1.82, 2.24) is 0 Å². The van der Waals surface area contributed by atoms with Crippen molar-refractivity contribution in [3.8, 4) is 0 Å². The summed E-state index contributed by atoms with van der Waals surface area (Å²) in [5, 5.41) is 13.0. The Morgan fingerprint density at radius 3 is 2.70 bits per heavy atom. The highest BCUT2D eigenvalue weighted by atomic mass is 32.2. The number of hydrogen-bond donors (Lipinski definition) is 2. The molecule has 1 aromatic carbocycles. The third kappa shape index (κ3) is 3.23. The molecule has 2 fully saturated rings. The molecule has 110 valence electrons. The third-order valence-corrected chi connectivity index (χ3v) is 5.57. The lowest BCUT2D eigenvalue weighted by molar-refractivity contribution is 0.203. The van der Waals surface area contributed by atoms with Crippen LogP contribution in [0, 0.1) is 5.92 Å². The molecule has 2 heterocycles. The molecular formula is C16H24N2OS. The van der Waals surface area contributed by atoms with Gasteiger partial charge in [0.25, 0.3) is 0 Å². The van der Waals surface area contributed by atoms with E-state index in [0.717, 1.165) is 25.9 Å². The Bertz CT molecular complexity index is 426. The van der Waals surface area contributed by atoms with Crippen molar-refractivity contribution in [2.24, 2.45) is 5.92 Å². The van der Waals surface area contributed by atoms with Crippen molar-refractivity contribution in [2.75, 3.05) is 41.4 Å². The molecule has 3 rings (SSSR count). The van der Waals surface area contributed by atoms with Gasteiger partial charge in [-0.25, -0.2) is 0 Å². The fourth-order valence-electron chi connectivity index (χ4n) is 3.10. The summed E-state index contributed by atoms with van der Waals surface area (Å²) in [6.45, 7) is 2.46. The molecule has 1 unspecified atom stereocenters. The molecule has 1 aromatic rings. The van der Waals surface area contributed by atoms with Crippen molar-refractivity contribution in [3.05, 3.63) is 24.3 Å². The number of anilines is 2. The number of piperidine rings is 1. The van der Waals surface area contributed by atoms with Crippen LogP contribution in [0.3, 0.4) is 0 Å². The van der Waals surface area contributed by atoms with Crippen LogP contribution in [0.4, 0.5) is 11.4 Å². The Labute approximate surface area is 125 Å². The Morgan fingerprint density at radius 1 is 1.20 bits per heavy atom. The van der Waals surface area contributed by atoms with Gasteiger partial charge in [0.1, 0.15) is 0 Å². The summed E-state index contributed by atoms with van der Waals surface area (Å²) in [5.74, 6) is 3.00. The Kier molecular flexibility index (Phi) is 4.73. The topological polar surface area (TPSA) is 35.5 Å². The van der Waals surface area contributed by atoms with Crippen LogP contribution < -0.4 is 10.2 Å². The molecule has 0 amide bonds. The van der Waals surface area contributed by atoms with Gasteiger partial charge in [-0.1, -0.05) is 12.1 Å². The highest BCUT2D eigenvalue weighted by Gasteiger charge is 2.22. The summed E-state index contributed by atoms with van der Waals surface area (Å²) >= 11 is 2.04.